The molecule has 3 rings (SSSR count). The molecule has 7 heteroatoms. The number of aryl methyl sites for hydroxylation is 1. The van der Waals surface area contributed by atoms with Gasteiger partial charge in [-0.1, -0.05) is 34.6 Å². The number of halogens is 1. The van der Waals surface area contributed by atoms with E-state index in [1.807, 2.05) is 47.7 Å². The van der Waals surface area contributed by atoms with Crippen LogP contribution >= 0.6 is 0 Å². The van der Waals surface area contributed by atoms with Crippen LogP contribution in [0.2, 0.25) is 0 Å². The van der Waals surface area contributed by atoms with Crippen LogP contribution in [0.5, 0.6) is 0 Å². The van der Waals surface area contributed by atoms with Gasteiger partial charge in [0.2, 0.25) is 5.91 Å². The highest BCUT2D eigenvalue weighted by Crippen LogP contribution is 2.42. The number of terminal acetylenes is 1. The number of carbonyl (C=O) groups is 1. The van der Waals surface area contributed by atoms with E-state index in [1.165, 1.54) is 0 Å². The van der Waals surface area contributed by atoms with E-state index in [0.29, 0.717) is 11.6 Å². The van der Waals surface area contributed by atoms with Gasteiger partial charge in [-0.3, -0.25) is 9.18 Å². The first-order valence-electron chi connectivity index (χ1n) is 12.6. The molecular formula is C27H52FN5O. The fraction of sp³-hybridized carbons (Fsp3) is 0.741. The average Bonchev–Trinajstić information content (AvgIpc) is 3.30. The SMILES string of the molecule is C#C.CC.CC.CC(C)=N.Cc1ncc(C(N)C2CCC(C)(CF)CC2)[nH]1.O=C1CCCCN1. The lowest BCUT2D eigenvalue weighted by Crippen LogP contribution is -2.31. The number of nitrogens with one attached hydrogen (secondary N) is 3. The molecule has 0 aromatic carbocycles. The molecule has 1 aliphatic carbocycles. The van der Waals surface area contributed by atoms with E-state index in [1.54, 1.807) is 13.8 Å². The molecule has 5 N–H and O–H groups in total. The summed E-state index contributed by atoms with van der Waals surface area (Å²) in [4.78, 5) is 17.7. The molecule has 0 bridgehead atoms. The molecule has 1 saturated carbocycles. The van der Waals surface area contributed by atoms with Gasteiger partial charge in [-0.15, -0.1) is 12.8 Å². The van der Waals surface area contributed by atoms with Gasteiger partial charge in [-0.25, -0.2) is 4.98 Å². The first kappa shape index (κ1) is 36.4. The minimum Gasteiger partial charge on any atom is -0.356 e. The summed E-state index contributed by atoms with van der Waals surface area (Å²) in [6, 6.07) is 0.0142. The highest BCUT2D eigenvalue weighted by molar-refractivity contribution is 5.76. The number of alkyl halides is 1. The quantitative estimate of drug-likeness (QED) is 0.291. The number of nitrogens with zero attached hydrogens (tertiary/aromatic N) is 1. The number of hydrogen-bond donors (Lipinski definition) is 4. The third kappa shape index (κ3) is 17.3. The van der Waals surface area contributed by atoms with Crippen LogP contribution in [0, 0.1) is 36.5 Å². The van der Waals surface area contributed by atoms with Crippen molar-refractivity contribution >= 4 is 11.6 Å². The lowest BCUT2D eigenvalue weighted by Gasteiger charge is -2.37. The summed E-state index contributed by atoms with van der Waals surface area (Å²) in [5.41, 5.74) is 7.81. The van der Waals surface area contributed by atoms with Crippen molar-refractivity contribution in [3.63, 3.8) is 0 Å². The molecule has 2 heterocycles. The number of aromatic nitrogens is 2. The second-order valence-electron chi connectivity index (χ2n) is 8.54. The Bertz CT molecular complexity index is 636. The van der Waals surface area contributed by atoms with Crippen molar-refractivity contribution in [2.45, 2.75) is 106 Å². The third-order valence-corrected chi connectivity index (χ3v) is 5.30. The maximum Gasteiger partial charge on any atom is 0.219 e. The molecule has 6 nitrogen and oxygen atoms in total. The number of piperidine rings is 1. The highest BCUT2D eigenvalue weighted by atomic mass is 19.1. The lowest BCUT2D eigenvalue weighted by atomic mass is 9.70. The van der Waals surface area contributed by atoms with E-state index in [2.05, 4.69) is 28.1 Å². The van der Waals surface area contributed by atoms with Crippen LogP contribution < -0.4 is 11.1 Å². The molecule has 1 saturated heterocycles. The number of rotatable bonds is 3. The summed E-state index contributed by atoms with van der Waals surface area (Å²) >= 11 is 0. The van der Waals surface area contributed by atoms with Gasteiger partial charge in [0, 0.05) is 30.9 Å². The zero-order valence-corrected chi connectivity index (χ0v) is 23.1. The Morgan fingerprint density at radius 1 is 1.24 bits per heavy atom. The monoisotopic (exact) mass is 481 g/mol. The summed E-state index contributed by atoms with van der Waals surface area (Å²) in [5, 5.41) is 9.24. The molecule has 0 radical (unpaired) electrons. The average molecular weight is 482 g/mol. The van der Waals surface area contributed by atoms with Crippen molar-refractivity contribution in [1.29, 1.82) is 5.41 Å². The Balaban J connectivity index is -0.000000469. The number of hydrogen-bond acceptors (Lipinski definition) is 4. The maximum atomic E-state index is 12.9. The third-order valence-electron chi connectivity index (χ3n) is 5.30. The van der Waals surface area contributed by atoms with E-state index in [-0.39, 0.29) is 24.0 Å². The van der Waals surface area contributed by atoms with Crippen molar-refractivity contribution in [1.82, 2.24) is 15.3 Å². The zero-order chi connectivity index (χ0) is 27.2. The Labute approximate surface area is 209 Å². The molecule has 1 unspecified atom stereocenters. The van der Waals surface area contributed by atoms with Gasteiger partial charge in [0.1, 0.15) is 5.82 Å². The number of amides is 1. The minimum absolute atomic E-state index is 0.0142. The van der Waals surface area contributed by atoms with Gasteiger partial charge < -0.3 is 21.4 Å². The lowest BCUT2D eigenvalue weighted by molar-refractivity contribution is -0.122. The largest absolute Gasteiger partial charge is 0.356 e. The first-order valence-corrected chi connectivity index (χ1v) is 12.6. The summed E-state index contributed by atoms with van der Waals surface area (Å²) < 4.78 is 12.9. The van der Waals surface area contributed by atoms with Gasteiger partial charge in [-0.2, -0.15) is 0 Å². The number of aromatic amines is 1. The second-order valence-corrected chi connectivity index (χ2v) is 8.54. The van der Waals surface area contributed by atoms with E-state index in [0.717, 1.165) is 63.0 Å². The summed E-state index contributed by atoms with van der Waals surface area (Å²) in [7, 11) is 0. The number of imidazole rings is 1. The molecule has 1 aromatic rings. The highest BCUT2D eigenvalue weighted by Gasteiger charge is 2.34. The molecule has 1 amide bonds. The summed E-state index contributed by atoms with van der Waals surface area (Å²) in [5.74, 6) is 1.57. The first-order chi connectivity index (χ1) is 16.2. The standard InChI is InChI=1S/C13H22FN3.C5H9NO.C3H7N.2C2H6.C2H2/c1-9-16-7-11(17-9)12(15)10-3-5-13(2,8-14)6-4-10;7-5-3-1-2-4-6-5;1-3(2)4;3*1-2/h7,10,12H,3-6,8,15H2,1-2H3,(H,16,17);1-4H2,(H,6,7);4H,1-2H3;2*1-2H3;1-2H. The predicted octanol–water partition coefficient (Wildman–Crippen LogP) is 6.52. The molecule has 198 valence electrons. The summed E-state index contributed by atoms with van der Waals surface area (Å²) in [6.45, 7) is 16.1. The van der Waals surface area contributed by atoms with Gasteiger partial charge in [0.15, 0.2) is 0 Å². The van der Waals surface area contributed by atoms with Crippen molar-refractivity contribution < 1.29 is 9.18 Å². The van der Waals surface area contributed by atoms with Crippen LogP contribution in [-0.2, 0) is 4.79 Å². The Kier molecular flexibility index (Phi) is 24.2. The smallest absolute Gasteiger partial charge is 0.219 e. The van der Waals surface area contributed by atoms with E-state index < -0.39 is 0 Å². The fourth-order valence-corrected chi connectivity index (χ4v) is 3.42. The number of carbonyl (C=O) groups excluding carboxylic acids is 1. The van der Waals surface area contributed by atoms with Crippen LogP contribution in [0.4, 0.5) is 4.39 Å². The zero-order valence-electron chi connectivity index (χ0n) is 23.1. The van der Waals surface area contributed by atoms with Crippen molar-refractivity contribution in [3.05, 3.63) is 17.7 Å². The van der Waals surface area contributed by atoms with Crippen molar-refractivity contribution in [2.75, 3.05) is 13.2 Å². The molecule has 34 heavy (non-hydrogen) atoms. The van der Waals surface area contributed by atoms with Crippen LogP contribution in [0.1, 0.15) is 111 Å². The topological polar surface area (TPSA) is 108 Å². The van der Waals surface area contributed by atoms with Gasteiger partial charge in [-0.05, 0) is 70.6 Å². The maximum absolute atomic E-state index is 12.9. The Morgan fingerprint density at radius 2 is 1.74 bits per heavy atom. The van der Waals surface area contributed by atoms with Gasteiger partial charge in [0.25, 0.3) is 0 Å². The normalized spacial score (nSPS) is 21.3. The minimum atomic E-state index is -0.210. The predicted molar refractivity (Wildman–Crippen MR) is 145 cm³/mol. The van der Waals surface area contributed by atoms with Crippen LogP contribution in [0.25, 0.3) is 0 Å². The summed E-state index contributed by atoms with van der Waals surface area (Å²) in [6.07, 6.45) is 16.7. The fourth-order valence-electron chi connectivity index (χ4n) is 3.42. The Morgan fingerprint density at radius 3 is 2.03 bits per heavy atom. The molecule has 0 spiro atoms. The number of H-pyrrole nitrogens is 1. The number of nitrogens with two attached hydrogens (primary N) is 1. The van der Waals surface area contributed by atoms with Crippen LogP contribution in [0.3, 0.4) is 0 Å². The molecule has 2 aliphatic rings. The van der Waals surface area contributed by atoms with Crippen LogP contribution in [-0.4, -0.2) is 34.8 Å². The molecule has 1 atom stereocenters. The van der Waals surface area contributed by atoms with Crippen LogP contribution in [0.15, 0.2) is 6.20 Å². The molecule has 2 fully saturated rings. The van der Waals surface area contributed by atoms with Gasteiger partial charge >= 0.3 is 0 Å². The second kappa shape index (κ2) is 22.6. The van der Waals surface area contributed by atoms with Crippen molar-refractivity contribution in [3.8, 4) is 12.8 Å². The Hall–Kier alpha value is -2.20. The van der Waals surface area contributed by atoms with E-state index in [4.69, 9.17) is 11.1 Å². The van der Waals surface area contributed by atoms with E-state index in [9.17, 15) is 9.18 Å². The van der Waals surface area contributed by atoms with Gasteiger partial charge in [0.05, 0.1) is 12.4 Å². The molecule has 1 aliphatic heterocycles. The van der Waals surface area contributed by atoms with Crippen molar-refractivity contribution in [2.24, 2.45) is 17.1 Å². The molecular weight excluding hydrogens is 429 g/mol. The van der Waals surface area contributed by atoms with E-state index >= 15 is 0 Å². The molecule has 1 aromatic heterocycles.